The normalized spacial score (nSPS) is 10.3. The summed E-state index contributed by atoms with van der Waals surface area (Å²) in [5.74, 6) is -0.566. The first kappa shape index (κ1) is 13.1. The highest BCUT2D eigenvalue weighted by Gasteiger charge is 2.09. The molecule has 2 N–H and O–H groups in total. The van der Waals surface area contributed by atoms with Crippen molar-refractivity contribution in [3.05, 3.63) is 58.9 Å². The van der Waals surface area contributed by atoms with E-state index in [1.165, 1.54) is 24.3 Å². The van der Waals surface area contributed by atoms with Gasteiger partial charge in [-0.2, -0.15) is 0 Å². The van der Waals surface area contributed by atoms with Gasteiger partial charge in [-0.05, 0) is 49.2 Å². The van der Waals surface area contributed by atoms with Crippen molar-refractivity contribution in [3.8, 4) is 5.75 Å². The van der Waals surface area contributed by atoms with E-state index in [2.05, 4.69) is 5.32 Å². The number of hydrogen-bond acceptors (Lipinski definition) is 2. The number of phenols is 1. The van der Waals surface area contributed by atoms with Gasteiger partial charge >= 0.3 is 0 Å². The molecule has 0 heterocycles. The van der Waals surface area contributed by atoms with E-state index < -0.39 is 0 Å². The highest BCUT2D eigenvalue weighted by molar-refractivity contribution is 6.04. The molecule has 0 aliphatic heterocycles. The zero-order valence-electron chi connectivity index (χ0n) is 10.7. The fourth-order valence-corrected chi connectivity index (χ4v) is 1.68. The SMILES string of the molecule is Cc1ccc(NC(=O)c2ccc(F)c(C)c2)cc1O. The van der Waals surface area contributed by atoms with E-state index in [9.17, 15) is 14.3 Å². The lowest BCUT2D eigenvalue weighted by atomic mass is 10.1. The Balaban J connectivity index is 2.20. The Morgan fingerprint density at radius 1 is 1.11 bits per heavy atom. The van der Waals surface area contributed by atoms with E-state index in [0.29, 0.717) is 16.8 Å². The number of benzene rings is 2. The zero-order chi connectivity index (χ0) is 14.0. The molecular weight excluding hydrogens is 245 g/mol. The summed E-state index contributed by atoms with van der Waals surface area (Å²) in [7, 11) is 0. The summed E-state index contributed by atoms with van der Waals surface area (Å²) < 4.78 is 13.1. The lowest BCUT2D eigenvalue weighted by molar-refractivity contribution is 0.102. The molecule has 1 amide bonds. The molecule has 0 spiro atoms. The minimum Gasteiger partial charge on any atom is -0.508 e. The molecule has 4 heteroatoms. The fraction of sp³-hybridized carbons (Fsp3) is 0.133. The van der Waals surface area contributed by atoms with Gasteiger partial charge in [0.1, 0.15) is 11.6 Å². The Bertz CT molecular complexity index is 638. The maximum Gasteiger partial charge on any atom is 0.255 e. The number of anilines is 1. The third-order valence-electron chi connectivity index (χ3n) is 2.89. The van der Waals surface area contributed by atoms with Crippen LogP contribution in [0.3, 0.4) is 0 Å². The Morgan fingerprint density at radius 2 is 1.84 bits per heavy atom. The molecule has 19 heavy (non-hydrogen) atoms. The summed E-state index contributed by atoms with van der Waals surface area (Å²) in [4.78, 5) is 12.0. The molecule has 2 aromatic rings. The molecular formula is C15H14FNO2. The number of amides is 1. The van der Waals surface area contributed by atoms with Gasteiger partial charge in [0.25, 0.3) is 5.91 Å². The van der Waals surface area contributed by atoms with Crippen molar-refractivity contribution < 1.29 is 14.3 Å². The number of halogens is 1. The lowest BCUT2D eigenvalue weighted by Crippen LogP contribution is -2.12. The van der Waals surface area contributed by atoms with Gasteiger partial charge in [0, 0.05) is 17.3 Å². The molecule has 2 aromatic carbocycles. The number of aromatic hydroxyl groups is 1. The minimum atomic E-state index is -0.343. The van der Waals surface area contributed by atoms with E-state index in [1.807, 2.05) is 0 Å². The Hall–Kier alpha value is -2.36. The highest BCUT2D eigenvalue weighted by atomic mass is 19.1. The predicted octanol–water partition coefficient (Wildman–Crippen LogP) is 3.40. The van der Waals surface area contributed by atoms with Crippen molar-refractivity contribution in [2.24, 2.45) is 0 Å². The van der Waals surface area contributed by atoms with Gasteiger partial charge in [-0.25, -0.2) is 4.39 Å². The molecule has 0 radical (unpaired) electrons. The van der Waals surface area contributed by atoms with Crippen LogP contribution >= 0.6 is 0 Å². The number of rotatable bonds is 2. The van der Waals surface area contributed by atoms with E-state index >= 15 is 0 Å². The van der Waals surface area contributed by atoms with E-state index in [-0.39, 0.29) is 17.5 Å². The summed E-state index contributed by atoms with van der Waals surface area (Å²) in [5.41, 5.74) is 2.02. The Kier molecular flexibility index (Phi) is 3.51. The highest BCUT2D eigenvalue weighted by Crippen LogP contribution is 2.21. The van der Waals surface area contributed by atoms with Gasteiger partial charge in [0.15, 0.2) is 0 Å². The predicted molar refractivity (Wildman–Crippen MR) is 71.9 cm³/mol. The van der Waals surface area contributed by atoms with E-state index in [0.717, 1.165) is 5.56 Å². The van der Waals surface area contributed by atoms with E-state index in [4.69, 9.17) is 0 Å². The third kappa shape index (κ3) is 2.91. The van der Waals surface area contributed by atoms with Crippen molar-refractivity contribution in [1.29, 1.82) is 0 Å². The molecule has 0 aliphatic rings. The number of carbonyl (C=O) groups excluding carboxylic acids is 1. The molecule has 0 bridgehead atoms. The van der Waals surface area contributed by atoms with Crippen molar-refractivity contribution in [3.63, 3.8) is 0 Å². The van der Waals surface area contributed by atoms with Gasteiger partial charge in [-0.1, -0.05) is 6.07 Å². The monoisotopic (exact) mass is 259 g/mol. The largest absolute Gasteiger partial charge is 0.508 e. The van der Waals surface area contributed by atoms with E-state index in [1.54, 1.807) is 26.0 Å². The van der Waals surface area contributed by atoms with Crippen LogP contribution in [0.5, 0.6) is 5.75 Å². The second kappa shape index (κ2) is 5.10. The molecule has 98 valence electrons. The zero-order valence-corrected chi connectivity index (χ0v) is 10.7. The quantitative estimate of drug-likeness (QED) is 0.868. The molecule has 0 aliphatic carbocycles. The van der Waals surface area contributed by atoms with Crippen LogP contribution in [0, 0.1) is 19.7 Å². The smallest absolute Gasteiger partial charge is 0.255 e. The molecule has 0 saturated heterocycles. The molecule has 3 nitrogen and oxygen atoms in total. The average Bonchev–Trinajstić information content (AvgIpc) is 2.37. The van der Waals surface area contributed by atoms with Crippen LogP contribution in [0.1, 0.15) is 21.5 Å². The van der Waals surface area contributed by atoms with Gasteiger partial charge in [0.05, 0.1) is 0 Å². The summed E-state index contributed by atoms with van der Waals surface area (Å²) in [6.45, 7) is 3.37. The molecule has 0 aromatic heterocycles. The first-order valence-corrected chi connectivity index (χ1v) is 5.84. The molecule has 2 rings (SSSR count). The number of phenolic OH excluding ortho intramolecular Hbond substituents is 1. The van der Waals surface area contributed by atoms with Crippen LogP contribution in [0.15, 0.2) is 36.4 Å². The van der Waals surface area contributed by atoms with Crippen molar-refractivity contribution in [2.45, 2.75) is 13.8 Å². The van der Waals surface area contributed by atoms with Crippen LogP contribution in [-0.4, -0.2) is 11.0 Å². The van der Waals surface area contributed by atoms with Crippen LogP contribution in [0.25, 0.3) is 0 Å². The lowest BCUT2D eigenvalue weighted by Gasteiger charge is -2.07. The maximum absolute atomic E-state index is 13.1. The minimum absolute atomic E-state index is 0.119. The Morgan fingerprint density at radius 3 is 2.47 bits per heavy atom. The first-order chi connectivity index (χ1) is 8.97. The van der Waals surface area contributed by atoms with Crippen molar-refractivity contribution >= 4 is 11.6 Å². The number of nitrogens with one attached hydrogen (secondary N) is 1. The van der Waals surface area contributed by atoms with Crippen molar-refractivity contribution in [2.75, 3.05) is 5.32 Å². The summed E-state index contributed by atoms with van der Waals surface area (Å²) in [6.07, 6.45) is 0. The molecule has 0 atom stereocenters. The molecule has 0 saturated carbocycles. The average molecular weight is 259 g/mol. The van der Waals surface area contributed by atoms with Gasteiger partial charge in [-0.15, -0.1) is 0 Å². The second-order valence-electron chi connectivity index (χ2n) is 4.42. The van der Waals surface area contributed by atoms with Crippen molar-refractivity contribution in [1.82, 2.24) is 0 Å². The van der Waals surface area contributed by atoms with Crippen LogP contribution in [0.2, 0.25) is 0 Å². The number of hydrogen-bond donors (Lipinski definition) is 2. The number of carbonyl (C=O) groups is 1. The topological polar surface area (TPSA) is 49.3 Å². The second-order valence-corrected chi connectivity index (χ2v) is 4.42. The molecule has 0 unspecified atom stereocenters. The fourth-order valence-electron chi connectivity index (χ4n) is 1.68. The van der Waals surface area contributed by atoms with Crippen LogP contribution in [-0.2, 0) is 0 Å². The maximum atomic E-state index is 13.1. The Labute approximate surface area is 110 Å². The van der Waals surface area contributed by atoms with Gasteiger partial charge < -0.3 is 10.4 Å². The van der Waals surface area contributed by atoms with Gasteiger partial charge in [-0.3, -0.25) is 4.79 Å². The summed E-state index contributed by atoms with van der Waals surface area (Å²) in [6, 6.07) is 9.05. The number of aryl methyl sites for hydroxylation is 2. The molecule has 0 fully saturated rings. The van der Waals surface area contributed by atoms with Gasteiger partial charge in [0.2, 0.25) is 0 Å². The first-order valence-electron chi connectivity index (χ1n) is 5.84. The standard InChI is InChI=1S/C15H14FNO2/c1-9-3-5-12(8-14(9)18)17-15(19)11-4-6-13(16)10(2)7-11/h3-8,18H,1-2H3,(H,17,19). The van der Waals surface area contributed by atoms with Crippen LogP contribution < -0.4 is 5.32 Å². The summed E-state index contributed by atoms with van der Waals surface area (Å²) in [5, 5.41) is 12.2. The third-order valence-corrected chi connectivity index (χ3v) is 2.89. The summed E-state index contributed by atoms with van der Waals surface area (Å²) >= 11 is 0. The van der Waals surface area contributed by atoms with Crippen LogP contribution in [0.4, 0.5) is 10.1 Å².